The van der Waals surface area contributed by atoms with E-state index in [0.29, 0.717) is 56.9 Å². The van der Waals surface area contributed by atoms with Crippen LogP contribution < -0.4 is 20.9 Å². The first-order valence-electron chi connectivity index (χ1n) is 10.8. The molecule has 0 atom stereocenters. The number of nitrogens with one attached hydrogen (secondary N) is 1. The number of nitrogens with zero attached hydrogens (tertiary/aromatic N) is 3. The van der Waals surface area contributed by atoms with E-state index >= 15 is 0 Å². The van der Waals surface area contributed by atoms with E-state index in [1.165, 1.54) is 22.9 Å². The first kappa shape index (κ1) is 24.8. The highest BCUT2D eigenvalue weighted by Gasteiger charge is 2.29. The molecular formula is C22H28F4N4O3. The van der Waals surface area contributed by atoms with Gasteiger partial charge in [-0.15, -0.1) is 0 Å². The average molecular weight is 472 g/mol. The molecular weight excluding hydrogens is 444 g/mol. The first-order valence-corrected chi connectivity index (χ1v) is 10.8. The molecule has 33 heavy (non-hydrogen) atoms. The van der Waals surface area contributed by atoms with Gasteiger partial charge in [0.2, 0.25) is 0 Å². The summed E-state index contributed by atoms with van der Waals surface area (Å²) in [5, 5.41) is 0. The van der Waals surface area contributed by atoms with Gasteiger partial charge in [0.1, 0.15) is 11.6 Å². The summed E-state index contributed by atoms with van der Waals surface area (Å²) in [7, 11) is 0. The van der Waals surface area contributed by atoms with Gasteiger partial charge in [0.15, 0.2) is 6.61 Å². The van der Waals surface area contributed by atoms with E-state index in [9.17, 15) is 27.2 Å². The molecule has 1 aromatic heterocycles. The summed E-state index contributed by atoms with van der Waals surface area (Å²) in [6, 6.07) is 3.59. The fraction of sp³-hybridized carbons (Fsp3) is 0.545. The standard InChI is InChI=1S/C22H28F4N4O3/c1-15(2)17-13-27-21(32)30(20(17)31)7-3-6-28-8-10-29(11-9-28)18-5-4-16(23)12-19(18)33-14-22(24,25)26/h4-5,12-13,15H,3,6-11,14H2,1-2H3,(H,27,32). The lowest BCUT2D eigenvalue weighted by atomic mass is 10.1. The van der Waals surface area contributed by atoms with Gasteiger partial charge in [-0.1, -0.05) is 13.8 Å². The van der Waals surface area contributed by atoms with Crippen LogP contribution in [0.25, 0.3) is 0 Å². The summed E-state index contributed by atoms with van der Waals surface area (Å²) >= 11 is 0. The Hall–Kier alpha value is -2.82. The van der Waals surface area contributed by atoms with Gasteiger partial charge in [0, 0.05) is 50.6 Å². The van der Waals surface area contributed by atoms with Gasteiger partial charge in [0.05, 0.1) is 5.69 Å². The molecule has 7 nitrogen and oxygen atoms in total. The van der Waals surface area contributed by atoms with Crippen molar-refractivity contribution in [2.75, 3.05) is 44.2 Å². The molecule has 3 rings (SSSR count). The minimum absolute atomic E-state index is 0.00476. The molecule has 0 bridgehead atoms. The zero-order valence-corrected chi connectivity index (χ0v) is 18.6. The molecule has 2 heterocycles. The number of benzene rings is 1. The third-order valence-electron chi connectivity index (χ3n) is 5.59. The lowest BCUT2D eigenvalue weighted by molar-refractivity contribution is -0.153. The maximum atomic E-state index is 13.6. The van der Waals surface area contributed by atoms with Crippen LogP contribution in [0.3, 0.4) is 0 Å². The molecule has 0 saturated carbocycles. The van der Waals surface area contributed by atoms with E-state index in [4.69, 9.17) is 4.74 Å². The monoisotopic (exact) mass is 472 g/mol. The minimum Gasteiger partial charge on any atom is -0.482 e. The number of aromatic nitrogens is 2. The molecule has 11 heteroatoms. The van der Waals surface area contributed by atoms with Crippen LogP contribution in [0.5, 0.6) is 5.75 Å². The number of ether oxygens (including phenoxy) is 1. The Morgan fingerprint density at radius 2 is 1.79 bits per heavy atom. The Kier molecular flexibility index (Phi) is 7.83. The topological polar surface area (TPSA) is 70.6 Å². The van der Waals surface area contributed by atoms with Crippen molar-refractivity contribution in [1.82, 2.24) is 14.5 Å². The minimum atomic E-state index is -4.51. The molecule has 182 valence electrons. The van der Waals surface area contributed by atoms with Crippen LogP contribution in [0.2, 0.25) is 0 Å². The van der Waals surface area contributed by atoms with Crippen molar-refractivity contribution in [3.63, 3.8) is 0 Å². The quantitative estimate of drug-likeness (QED) is 0.599. The number of aromatic amines is 1. The van der Waals surface area contributed by atoms with Gasteiger partial charge in [-0.05, 0) is 31.0 Å². The Balaban J connectivity index is 1.56. The van der Waals surface area contributed by atoms with Gasteiger partial charge in [-0.25, -0.2) is 9.18 Å². The van der Waals surface area contributed by atoms with Crippen molar-refractivity contribution in [2.24, 2.45) is 0 Å². The predicted octanol–water partition coefficient (Wildman–Crippen LogP) is 2.95. The Bertz CT molecular complexity index is 1060. The normalized spacial score (nSPS) is 15.3. The number of halogens is 4. The van der Waals surface area contributed by atoms with Crippen molar-refractivity contribution in [2.45, 2.75) is 38.9 Å². The number of hydrogen-bond donors (Lipinski definition) is 1. The number of hydrogen-bond acceptors (Lipinski definition) is 5. The summed E-state index contributed by atoms with van der Waals surface area (Å²) in [6.07, 6.45) is -2.45. The second-order valence-electron chi connectivity index (χ2n) is 8.36. The Morgan fingerprint density at radius 1 is 1.09 bits per heavy atom. The maximum absolute atomic E-state index is 13.6. The zero-order chi connectivity index (χ0) is 24.2. The van der Waals surface area contributed by atoms with Gasteiger partial charge in [-0.2, -0.15) is 13.2 Å². The highest BCUT2D eigenvalue weighted by atomic mass is 19.4. The molecule has 0 unspecified atom stereocenters. The average Bonchev–Trinajstić information content (AvgIpc) is 2.74. The SMILES string of the molecule is CC(C)c1c[nH]c(=O)n(CCCN2CCN(c3ccc(F)cc3OCC(F)(F)F)CC2)c1=O. The van der Waals surface area contributed by atoms with Crippen molar-refractivity contribution >= 4 is 5.69 Å². The van der Waals surface area contributed by atoms with Crippen LogP contribution in [0.15, 0.2) is 34.0 Å². The van der Waals surface area contributed by atoms with E-state index in [0.717, 1.165) is 6.07 Å². The second kappa shape index (κ2) is 10.4. The summed E-state index contributed by atoms with van der Waals surface area (Å²) in [5.74, 6) is -0.795. The van der Waals surface area contributed by atoms with Crippen LogP contribution in [-0.4, -0.2) is 60.0 Å². The van der Waals surface area contributed by atoms with E-state index < -0.39 is 24.3 Å². The molecule has 0 spiro atoms. The molecule has 0 aliphatic carbocycles. The number of rotatable bonds is 8. The molecule has 1 aromatic carbocycles. The first-order chi connectivity index (χ1) is 15.5. The fourth-order valence-electron chi connectivity index (χ4n) is 3.83. The third-order valence-corrected chi connectivity index (χ3v) is 5.59. The van der Waals surface area contributed by atoms with Gasteiger partial charge >= 0.3 is 11.9 Å². The van der Waals surface area contributed by atoms with Crippen molar-refractivity contribution in [1.29, 1.82) is 0 Å². The number of piperazine rings is 1. The van der Waals surface area contributed by atoms with E-state index in [1.54, 1.807) is 0 Å². The largest absolute Gasteiger partial charge is 0.482 e. The van der Waals surface area contributed by atoms with Crippen molar-refractivity contribution < 1.29 is 22.3 Å². The molecule has 0 radical (unpaired) electrons. The second-order valence-corrected chi connectivity index (χ2v) is 8.36. The van der Waals surface area contributed by atoms with Crippen LogP contribution in [0.1, 0.15) is 31.7 Å². The summed E-state index contributed by atoms with van der Waals surface area (Å²) in [6.45, 7) is 5.56. The molecule has 2 aromatic rings. The van der Waals surface area contributed by atoms with Crippen molar-refractivity contribution in [3.05, 3.63) is 56.6 Å². The predicted molar refractivity (Wildman–Crippen MR) is 117 cm³/mol. The van der Waals surface area contributed by atoms with Crippen LogP contribution in [-0.2, 0) is 6.54 Å². The number of H-pyrrole nitrogens is 1. The lowest BCUT2D eigenvalue weighted by Gasteiger charge is -2.36. The smallest absolute Gasteiger partial charge is 0.422 e. The lowest BCUT2D eigenvalue weighted by Crippen LogP contribution is -2.47. The Labute approximate surface area is 188 Å². The Morgan fingerprint density at radius 3 is 2.42 bits per heavy atom. The van der Waals surface area contributed by atoms with Crippen LogP contribution >= 0.6 is 0 Å². The molecule has 1 aliphatic heterocycles. The summed E-state index contributed by atoms with van der Waals surface area (Å²) in [4.78, 5) is 31.2. The van der Waals surface area contributed by atoms with Gasteiger partial charge < -0.3 is 14.6 Å². The maximum Gasteiger partial charge on any atom is 0.422 e. The number of anilines is 1. The third kappa shape index (κ3) is 6.59. The van der Waals surface area contributed by atoms with Gasteiger partial charge in [-0.3, -0.25) is 14.3 Å². The molecule has 1 fully saturated rings. The molecule has 1 N–H and O–H groups in total. The molecule has 1 saturated heterocycles. The highest BCUT2D eigenvalue weighted by molar-refractivity contribution is 5.59. The summed E-state index contributed by atoms with van der Waals surface area (Å²) in [5.41, 5.74) is 0.271. The van der Waals surface area contributed by atoms with E-state index in [2.05, 4.69) is 9.88 Å². The van der Waals surface area contributed by atoms with E-state index in [-0.39, 0.29) is 17.2 Å². The number of alkyl halides is 3. The van der Waals surface area contributed by atoms with E-state index in [1.807, 2.05) is 18.7 Å². The highest BCUT2D eigenvalue weighted by Crippen LogP contribution is 2.31. The zero-order valence-electron chi connectivity index (χ0n) is 18.6. The fourth-order valence-corrected chi connectivity index (χ4v) is 3.83. The van der Waals surface area contributed by atoms with Crippen LogP contribution in [0, 0.1) is 5.82 Å². The molecule has 1 aliphatic rings. The van der Waals surface area contributed by atoms with Crippen molar-refractivity contribution in [3.8, 4) is 5.75 Å². The summed E-state index contributed by atoms with van der Waals surface area (Å²) < 4.78 is 57.2. The molecule has 0 amide bonds. The van der Waals surface area contributed by atoms with Gasteiger partial charge in [0.25, 0.3) is 5.56 Å². The van der Waals surface area contributed by atoms with Crippen LogP contribution in [0.4, 0.5) is 23.2 Å².